The van der Waals surface area contributed by atoms with E-state index in [9.17, 15) is 61.5 Å². The molecule has 0 unspecified atom stereocenters. The molecule has 0 aromatic rings. The molecule has 0 radical (unpaired) electrons. The van der Waals surface area contributed by atoms with E-state index in [2.05, 4.69) is 0 Å². The van der Waals surface area contributed by atoms with E-state index in [0.29, 0.717) is 0 Å². The lowest BCUT2D eigenvalue weighted by atomic mass is 10.0. The topological polar surface area (TPSA) is 9.23 Å². The molecule has 0 rings (SSSR count). The minimum atomic E-state index is -7.79. The van der Waals surface area contributed by atoms with Crippen molar-refractivity contribution in [3.05, 3.63) is 0 Å². The molecule has 128 valence electrons. The molecule has 1 nitrogen and oxygen atoms in total. The second-order valence-electron chi connectivity index (χ2n) is 3.29. The Labute approximate surface area is 104 Å². The summed E-state index contributed by atoms with van der Waals surface area (Å²) in [6.07, 6.45) is -37.1. The van der Waals surface area contributed by atoms with Crippen molar-refractivity contribution in [2.24, 2.45) is 0 Å². The average Bonchev–Trinajstić information content (AvgIpc) is 2.08. The summed E-state index contributed by atoms with van der Waals surface area (Å²) in [6.45, 7) is 0. The quantitative estimate of drug-likeness (QED) is 0.674. The summed E-state index contributed by atoms with van der Waals surface area (Å²) < 4.78 is 168. The Kier molecular flexibility index (Phi) is 4.51. The van der Waals surface area contributed by atoms with Crippen LogP contribution in [-0.4, -0.2) is 36.4 Å². The molecule has 0 spiro atoms. The van der Waals surface area contributed by atoms with Crippen LogP contribution < -0.4 is 0 Å². The molecule has 0 aromatic carbocycles. The molecule has 0 bridgehead atoms. The molecular formula is C6F14O. The number of ether oxygens (including phenoxy) is 1. The minimum Gasteiger partial charge on any atom is -0.245 e. The fraction of sp³-hybridized carbons (Fsp3) is 1.00. The molecule has 0 aromatic heterocycles. The maximum atomic E-state index is 12.7. The molecule has 0 saturated heterocycles. The van der Waals surface area contributed by atoms with Crippen LogP contribution in [0.4, 0.5) is 61.5 Å². The van der Waals surface area contributed by atoms with Crippen LogP contribution in [0.15, 0.2) is 0 Å². The van der Waals surface area contributed by atoms with Crippen molar-refractivity contribution in [1.29, 1.82) is 0 Å². The predicted octanol–water partition coefficient (Wildman–Crippen LogP) is 4.58. The second-order valence-corrected chi connectivity index (χ2v) is 3.29. The van der Waals surface area contributed by atoms with Crippen molar-refractivity contribution in [2.45, 2.75) is 36.4 Å². The fourth-order valence-electron chi connectivity index (χ4n) is 0.780. The number of halogens is 14. The third-order valence-electron chi connectivity index (χ3n) is 1.77. The molecule has 0 amide bonds. The van der Waals surface area contributed by atoms with Gasteiger partial charge in [-0.2, -0.15) is 57.1 Å². The summed E-state index contributed by atoms with van der Waals surface area (Å²) >= 11 is 0. The van der Waals surface area contributed by atoms with Crippen molar-refractivity contribution < 1.29 is 66.2 Å². The van der Waals surface area contributed by atoms with Crippen molar-refractivity contribution in [3.63, 3.8) is 0 Å². The van der Waals surface area contributed by atoms with Gasteiger partial charge in [-0.25, -0.2) is 9.13 Å². The highest BCUT2D eigenvalue weighted by Crippen LogP contribution is 2.57. The summed E-state index contributed by atoms with van der Waals surface area (Å²) in [5, 5.41) is 0. The van der Waals surface area contributed by atoms with E-state index in [1.165, 1.54) is 4.74 Å². The summed E-state index contributed by atoms with van der Waals surface area (Å²) in [6, 6.07) is 0. The molecular weight excluding hydrogens is 354 g/mol. The molecule has 0 aliphatic rings. The Morgan fingerprint density at radius 3 is 0.857 bits per heavy atom. The summed E-state index contributed by atoms with van der Waals surface area (Å²) in [4.78, 5) is 0. The van der Waals surface area contributed by atoms with Crippen molar-refractivity contribution >= 4 is 0 Å². The molecule has 21 heavy (non-hydrogen) atoms. The van der Waals surface area contributed by atoms with Gasteiger partial charge in [0.1, 0.15) is 0 Å². The van der Waals surface area contributed by atoms with Crippen LogP contribution in [0.1, 0.15) is 0 Å². The highest BCUT2D eigenvalue weighted by Gasteiger charge is 2.87. The third kappa shape index (κ3) is 3.26. The van der Waals surface area contributed by atoms with Gasteiger partial charge < -0.3 is 0 Å². The first-order chi connectivity index (χ1) is 8.71. The second kappa shape index (κ2) is 4.74. The number of rotatable bonds is 3. The van der Waals surface area contributed by atoms with Gasteiger partial charge in [0, 0.05) is 0 Å². The Morgan fingerprint density at radius 1 is 0.381 bits per heavy atom. The Bertz CT molecular complexity index is 356. The van der Waals surface area contributed by atoms with Crippen molar-refractivity contribution in [2.75, 3.05) is 0 Å². The molecule has 0 aliphatic heterocycles. The van der Waals surface area contributed by atoms with E-state index in [0.717, 1.165) is 0 Å². The highest BCUT2D eigenvalue weighted by atomic mass is 19.4. The minimum absolute atomic E-state index is 1.20. The van der Waals surface area contributed by atoms with E-state index >= 15 is 0 Å². The van der Waals surface area contributed by atoms with Crippen LogP contribution in [-0.2, 0) is 4.74 Å². The van der Waals surface area contributed by atoms with Gasteiger partial charge in [-0.05, 0) is 0 Å². The van der Waals surface area contributed by atoms with Gasteiger partial charge in [-0.1, -0.05) is 0 Å². The molecule has 15 heteroatoms. The molecule has 0 fully saturated rings. The van der Waals surface area contributed by atoms with Gasteiger partial charge in [-0.15, -0.1) is 0 Å². The van der Waals surface area contributed by atoms with Crippen LogP contribution >= 0.6 is 0 Å². The average molecular weight is 354 g/mol. The predicted molar refractivity (Wildman–Crippen MR) is 33.0 cm³/mol. The zero-order valence-corrected chi connectivity index (χ0v) is 8.70. The molecule has 0 heterocycles. The summed E-state index contributed by atoms with van der Waals surface area (Å²) in [5.41, 5.74) is -7.79. The standard InChI is InChI=1S/C6F14O/c7-1(2(8,9)10,3(11,12)13)5(17,18)21-6(19,20)4(14,15)16. The largest absolute Gasteiger partial charge is 0.483 e. The van der Waals surface area contributed by atoms with Gasteiger partial charge in [0.05, 0.1) is 0 Å². The van der Waals surface area contributed by atoms with E-state index in [-0.39, 0.29) is 0 Å². The van der Waals surface area contributed by atoms with Crippen LogP contribution in [0.5, 0.6) is 0 Å². The molecule has 0 aliphatic carbocycles. The van der Waals surface area contributed by atoms with Crippen LogP contribution in [0.25, 0.3) is 0 Å². The van der Waals surface area contributed by atoms with Crippen LogP contribution in [0.3, 0.4) is 0 Å². The van der Waals surface area contributed by atoms with E-state index in [4.69, 9.17) is 0 Å². The molecule has 0 saturated carbocycles. The zero-order valence-electron chi connectivity index (χ0n) is 8.70. The van der Waals surface area contributed by atoms with E-state index in [1.54, 1.807) is 0 Å². The fourth-order valence-corrected chi connectivity index (χ4v) is 0.780. The SMILES string of the molecule is FC(F)(F)C(F)(F)OC(F)(F)C(F)(C(F)(F)F)C(F)(F)F. The Morgan fingerprint density at radius 2 is 0.667 bits per heavy atom. The first kappa shape index (κ1) is 20.0. The van der Waals surface area contributed by atoms with Gasteiger partial charge in [0.2, 0.25) is 0 Å². The number of hydrogen-bond donors (Lipinski definition) is 0. The number of alkyl halides is 14. The third-order valence-corrected chi connectivity index (χ3v) is 1.77. The summed E-state index contributed by atoms with van der Waals surface area (Å²) in [5.74, 6) is 0. The lowest BCUT2D eigenvalue weighted by molar-refractivity contribution is -0.516. The van der Waals surface area contributed by atoms with Gasteiger partial charge in [0.25, 0.3) is 0 Å². The Balaban J connectivity index is 5.96. The lowest BCUT2D eigenvalue weighted by Gasteiger charge is -2.36. The zero-order chi connectivity index (χ0) is 17.7. The monoisotopic (exact) mass is 354 g/mol. The van der Waals surface area contributed by atoms with Crippen molar-refractivity contribution in [3.8, 4) is 0 Å². The van der Waals surface area contributed by atoms with E-state index in [1.807, 2.05) is 0 Å². The van der Waals surface area contributed by atoms with Gasteiger partial charge in [0.15, 0.2) is 0 Å². The molecule has 0 atom stereocenters. The van der Waals surface area contributed by atoms with E-state index < -0.39 is 36.4 Å². The van der Waals surface area contributed by atoms with Gasteiger partial charge >= 0.3 is 36.4 Å². The van der Waals surface area contributed by atoms with Crippen LogP contribution in [0.2, 0.25) is 0 Å². The maximum Gasteiger partial charge on any atom is 0.483 e. The first-order valence-corrected chi connectivity index (χ1v) is 4.05. The van der Waals surface area contributed by atoms with Gasteiger partial charge in [-0.3, -0.25) is 0 Å². The van der Waals surface area contributed by atoms with Crippen LogP contribution in [0, 0.1) is 0 Å². The molecule has 0 N–H and O–H groups in total. The lowest BCUT2D eigenvalue weighted by Crippen LogP contribution is -2.67. The van der Waals surface area contributed by atoms with Crippen molar-refractivity contribution in [1.82, 2.24) is 0 Å². The maximum absolute atomic E-state index is 12.7. The summed E-state index contributed by atoms with van der Waals surface area (Å²) in [7, 11) is 0. The number of hydrogen-bond acceptors (Lipinski definition) is 1. The first-order valence-electron chi connectivity index (χ1n) is 4.05. The highest BCUT2D eigenvalue weighted by molar-refractivity contribution is 5.02. The smallest absolute Gasteiger partial charge is 0.245 e. The normalized spacial score (nSPS) is 16.3. The Hall–Kier alpha value is -1.02.